The minimum absolute atomic E-state index is 0.0875. The van der Waals surface area contributed by atoms with E-state index >= 15 is 0 Å². The third-order valence-corrected chi connectivity index (χ3v) is 4.32. The quantitative estimate of drug-likeness (QED) is 0.699. The van der Waals surface area contributed by atoms with Gasteiger partial charge in [0.05, 0.1) is 0 Å². The van der Waals surface area contributed by atoms with E-state index < -0.39 is 17.7 Å². The average Bonchev–Trinajstić information content (AvgIpc) is 2.98. The summed E-state index contributed by atoms with van der Waals surface area (Å²) in [6.07, 6.45) is 1.96. The number of halogens is 2. The number of rotatable bonds is 3. The number of ketones is 1. The van der Waals surface area contributed by atoms with E-state index in [0.29, 0.717) is 11.9 Å². The molecule has 0 radical (unpaired) electrons. The summed E-state index contributed by atoms with van der Waals surface area (Å²) in [5.41, 5.74) is 1.60. The number of fused-ring (bicyclic) bond motifs is 1. The molecule has 0 amide bonds. The molecule has 1 fully saturated rings. The number of carboxylic acids is 1. The van der Waals surface area contributed by atoms with E-state index in [1.165, 1.54) is 12.1 Å². The maximum Gasteiger partial charge on any atom is 0.377 e. The number of carboxylic acid groups (broad SMARTS) is 1. The third kappa shape index (κ3) is 2.38. The molecular weight excluding hydrogens is 292 g/mol. The highest BCUT2D eigenvalue weighted by Crippen LogP contribution is 2.46. The number of hydrogen-bond donors (Lipinski definition) is 1. The Bertz CT molecular complexity index is 779. The van der Waals surface area contributed by atoms with Crippen molar-refractivity contribution in [3.8, 4) is 0 Å². The Morgan fingerprint density at radius 1 is 1.36 bits per heavy atom. The summed E-state index contributed by atoms with van der Waals surface area (Å²) in [5, 5.41) is 9.57. The Hall–Kier alpha value is -2.24. The summed E-state index contributed by atoms with van der Waals surface area (Å²) in [5.74, 6) is -5.31. The van der Waals surface area contributed by atoms with Crippen molar-refractivity contribution in [2.45, 2.75) is 31.1 Å². The van der Waals surface area contributed by atoms with Gasteiger partial charge in [0.2, 0.25) is 5.92 Å². The molecule has 2 aromatic rings. The van der Waals surface area contributed by atoms with Crippen molar-refractivity contribution in [2.24, 2.45) is 7.05 Å². The minimum Gasteiger partial charge on any atom is -0.475 e. The minimum atomic E-state index is -2.62. The highest BCUT2D eigenvalue weighted by atomic mass is 19.3. The standard InChI is InChI=1S/C16H15F2NO3/c1-19-8-12(10-4-5-16(17,18)7-10)11-3-2-9(6-13(11)19)14(20)15(21)22/h2-3,6,8,10H,4-5,7H2,1H3,(H,21,22). The van der Waals surface area contributed by atoms with E-state index in [1.807, 2.05) is 0 Å². The van der Waals surface area contributed by atoms with E-state index in [4.69, 9.17) is 5.11 Å². The van der Waals surface area contributed by atoms with Crippen LogP contribution in [0, 0.1) is 0 Å². The van der Waals surface area contributed by atoms with Crippen LogP contribution >= 0.6 is 0 Å². The molecular formula is C16H15F2NO3. The molecule has 116 valence electrons. The van der Waals surface area contributed by atoms with Gasteiger partial charge in [-0.05, 0) is 24.0 Å². The number of nitrogens with zero attached hydrogens (tertiary/aromatic N) is 1. The molecule has 1 unspecified atom stereocenters. The first kappa shape index (κ1) is 14.7. The molecule has 0 bridgehead atoms. The number of hydrogen-bond acceptors (Lipinski definition) is 2. The lowest BCUT2D eigenvalue weighted by Gasteiger charge is -2.09. The second-order valence-electron chi connectivity index (χ2n) is 5.86. The molecule has 1 aromatic heterocycles. The zero-order chi connectivity index (χ0) is 16.1. The Morgan fingerprint density at radius 2 is 2.09 bits per heavy atom. The maximum absolute atomic E-state index is 13.4. The van der Waals surface area contributed by atoms with Gasteiger partial charge in [-0.25, -0.2) is 13.6 Å². The van der Waals surface area contributed by atoms with Gasteiger partial charge in [-0.2, -0.15) is 0 Å². The number of carbonyl (C=O) groups is 2. The fourth-order valence-electron chi connectivity index (χ4n) is 3.22. The molecule has 0 saturated heterocycles. The van der Waals surface area contributed by atoms with Crippen molar-refractivity contribution in [3.63, 3.8) is 0 Å². The van der Waals surface area contributed by atoms with Crippen LogP contribution in [-0.4, -0.2) is 27.3 Å². The van der Waals surface area contributed by atoms with E-state index in [1.54, 1.807) is 23.9 Å². The lowest BCUT2D eigenvalue weighted by atomic mass is 9.96. The van der Waals surface area contributed by atoms with Crippen LogP contribution < -0.4 is 0 Å². The second kappa shape index (κ2) is 4.90. The molecule has 1 aromatic carbocycles. The second-order valence-corrected chi connectivity index (χ2v) is 5.86. The highest BCUT2D eigenvalue weighted by molar-refractivity contribution is 6.40. The van der Waals surface area contributed by atoms with Crippen LogP contribution in [0.1, 0.15) is 41.1 Å². The van der Waals surface area contributed by atoms with Gasteiger partial charge in [0.15, 0.2) is 0 Å². The Balaban J connectivity index is 2.04. The van der Waals surface area contributed by atoms with E-state index in [2.05, 4.69) is 0 Å². The molecule has 1 N–H and O–H groups in total. The normalized spacial score (nSPS) is 20.4. The van der Waals surface area contributed by atoms with Crippen LogP contribution in [0.4, 0.5) is 8.78 Å². The van der Waals surface area contributed by atoms with Crippen LogP contribution in [-0.2, 0) is 11.8 Å². The van der Waals surface area contributed by atoms with E-state index in [-0.39, 0.29) is 24.3 Å². The Labute approximate surface area is 125 Å². The summed E-state index contributed by atoms with van der Waals surface area (Å²) in [6, 6.07) is 4.59. The lowest BCUT2D eigenvalue weighted by Crippen LogP contribution is -2.12. The first-order valence-corrected chi connectivity index (χ1v) is 7.03. The van der Waals surface area contributed by atoms with E-state index in [0.717, 1.165) is 10.9 Å². The maximum atomic E-state index is 13.4. The van der Waals surface area contributed by atoms with Gasteiger partial charge in [0, 0.05) is 42.6 Å². The predicted molar refractivity (Wildman–Crippen MR) is 76.4 cm³/mol. The van der Waals surface area contributed by atoms with Gasteiger partial charge < -0.3 is 9.67 Å². The third-order valence-electron chi connectivity index (χ3n) is 4.32. The fraction of sp³-hybridized carbons (Fsp3) is 0.375. The number of benzene rings is 1. The van der Waals surface area contributed by atoms with E-state index in [9.17, 15) is 18.4 Å². The van der Waals surface area contributed by atoms with Gasteiger partial charge in [-0.3, -0.25) is 4.79 Å². The average molecular weight is 307 g/mol. The predicted octanol–water partition coefficient (Wildman–Crippen LogP) is 3.35. The smallest absolute Gasteiger partial charge is 0.377 e. The molecule has 6 heteroatoms. The van der Waals surface area contributed by atoms with Crippen molar-refractivity contribution >= 4 is 22.7 Å². The molecule has 1 saturated carbocycles. The van der Waals surface area contributed by atoms with Crippen molar-refractivity contribution in [2.75, 3.05) is 0 Å². The number of Topliss-reactive ketones (excluding diaryl/α,β-unsaturated/α-hetero) is 1. The number of aryl methyl sites for hydroxylation is 1. The molecule has 1 aliphatic rings. The van der Waals surface area contributed by atoms with Crippen molar-refractivity contribution in [1.82, 2.24) is 4.57 Å². The molecule has 3 rings (SSSR count). The number of alkyl halides is 2. The number of aliphatic carboxylic acids is 1. The summed E-state index contributed by atoms with van der Waals surface area (Å²) < 4.78 is 28.6. The Kier molecular flexibility index (Phi) is 3.27. The summed E-state index contributed by atoms with van der Waals surface area (Å²) in [7, 11) is 1.76. The fourth-order valence-corrected chi connectivity index (χ4v) is 3.22. The molecule has 0 aliphatic heterocycles. The molecule has 4 nitrogen and oxygen atoms in total. The zero-order valence-corrected chi connectivity index (χ0v) is 12.0. The molecule has 1 atom stereocenters. The number of aromatic nitrogens is 1. The van der Waals surface area contributed by atoms with Crippen LogP contribution in [0.5, 0.6) is 0 Å². The molecule has 1 aliphatic carbocycles. The molecule has 1 heterocycles. The first-order valence-electron chi connectivity index (χ1n) is 7.03. The molecule has 22 heavy (non-hydrogen) atoms. The first-order chi connectivity index (χ1) is 10.3. The van der Waals surface area contributed by atoms with Crippen LogP contribution in [0.3, 0.4) is 0 Å². The summed E-state index contributed by atoms with van der Waals surface area (Å²) >= 11 is 0. The summed E-state index contributed by atoms with van der Waals surface area (Å²) in [4.78, 5) is 22.3. The van der Waals surface area contributed by atoms with Gasteiger partial charge in [0.25, 0.3) is 5.78 Å². The summed E-state index contributed by atoms with van der Waals surface area (Å²) in [6.45, 7) is 0. The molecule has 0 spiro atoms. The van der Waals surface area contributed by atoms with Gasteiger partial charge in [0.1, 0.15) is 0 Å². The highest BCUT2D eigenvalue weighted by Gasteiger charge is 2.40. The van der Waals surface area contributed by atoms with Crippen LogP contribution in [0.2, 0.25) is 0 Å². The van der Waals surface area contributed by atoms with Crippen LogP contribution in [0.15, 0.2) is 24.4 Å². The van der Waals surface area contributed by atoms with Gasteiger partial charge in [-0.1, -0.05) is 12.1 Å². The topological polar surface area (TPSA) is 59.3 Å². The van der Waals surface area contributed by atoms with Crippen molar-refractivity contribution in [1.29, 1.82) is 0 Å². The lowest BCUT2D eigenvalue weighted by molar-refractivity contribution is -0.131. The zero-order valence-electron chi connectivity index (χ0n) is 12.0. The van der Waals surface area contributed by atoms with Crippen molar-refractivity contribution in [3.05, 3.63) is 35.5 Å². The van der Waals surface area contributed by atoms with Gasteiger partial charge >= 0.3 is 5.97 Å². The Morgan fingerprint density at radius 3 is 2.68 bits per heavy atom. The largest absolute Gasteiger partial charge is 0.475 e. The van der Waals surface area contributed by atoms with Crippen LogP contribution in [0.25, 0.3) is 10.9 Å². The van der Waals surface area contributed by atoms with Crippen molar-refractivity contribution < 1.29 is 23.5 Å². The monoisotopic (exact) mass is 307 g/mol. The van der Waals surface area contributed by atoms with Gasteiger partial charge in [-0.15, -0.1) is 0 Å². The SMILES string of the molecule is Cn1cc(C2CCC(F)(F)C2)c2ccc(C(=O)C(=O)O)cc21. The number of carbonyl (C=O) groups excluding carboxylic acids is 1.